The normalized spacial score (nSPS) is 13.8. The number of ether oxygens (including phenoxy) is 1. The Morgan fingerprint density at radius 2 is 1.86 bits per heavy atom. The number of amides is 1. The molecule has 3 rings (SSSR count). The van der Waals surface area contributed by atoms with E-state index in [4.69, 9.17) is 9.15 Å². The molecule has 3 aromatic rings. The van der Waals surface area contributed by atoms with Crippen LogP contribution in [0.25, 0.3) is 22.6 Å². The van der Waals surface area contributed by atoms with Crippen molar-refractivity contribution in [3.8, 4) is 11.5 Å². The summed E-state index contributed by atoms with van der Waals surface area (Å²) in [5.41, 5.74) is 2.12. The lowest BCUT2D eigenvalue weighted by Gasteiger charge is -2.30. The minimum atomic E-state index is -0.781. The molecule has 0 aliphatic carbocycles. The Hall–Kier alpha value is -2.86. The van der Waals surface area contributed by atoms with E-state index in [0.29, 0.717) is 18.7 Å². The lowest BCUT2D eigenvalue weighted by atomic mass is 9.94. The Kier molecular flexibility index (Phi) is 5.94. The highest BCUT2D eigenvalue weighted by Gasteiger charge is 2.28. The molecule has 1 amide bonds. The van der Waals surface area contributed by atoms with E-state index in [1.807, 2.05) is 48.5 Å². The molecule has 1 atom stereocenters. The number of nitrogens with one attached hydrogen (secondary N) is 1. The number of benzene rings is 2. The third-order valence-electron chi connectivity index (χ3n) is 4.59. The van der Waals surface area contributed by atoms with Crippen molar-refractivity contribution >= 4 is 17.2 Å². The maximum Gasteiger partial charge on any atom is 0.408 e. The van der Waals surface area contributed by atoms with Gasteiger partial charge in [0.05, 0.1) is 12.1 Å². The quantitative estimate of drug-likeness (QED) is 0.631. The van der Waals surface area contributed by atoms with Crippen LogP contribution in [0.5, 0.6) is 0 Å². The van der Waals surface area contributed by atoms with Gasteiger partial charge in [0.2, 0.25) is 5.89 Å². The van der Waals surface area contributed by atoms with Crippen molar-refractivity contribution < 1.29 is 19.1 Å². The van der Waals surface area contributed by atoms with E-state index < -0.39 is 17.2 Å². The molecule has 0 saturated carbocycles. The van der Waals surface area contributed by atoms with Gasteiger partial charge in [0.1, 0.15) is 11.1 Å². The molecule has 154 valence electrons. The van der Waals surface area contributed by atoms with Gasteiger partial charge in [-0.1, -0.05) is 24.3 Å². The summed E-state index contributed by atoms with van der Waals surface area (Å²) in [5, 5.41) is 12.6. The highest BCUT2D eigenvalue weighted by Crippen LogP contribution is 2.25. The molecule has 0 bridgehead atoms. The number of carbonyl (C=O) groups excluding carboxylic acids is 1. The van der Waals surface area contributed by atoms with Gasteiger partial charge in [-0.3, -0.25) is 0 Å². The predicted molar refractivity (Wildman–Crippen MR) is 113 cm³/mol. The van der Waals surface area contributed by atoms with Crippen molar-refractivity contribution in [3.63, 3.8) is 0 Å². The zero-order valence-corrected chi connectivity index (χ0v) is 17.4. The van der Waals surface area contributed by atoms with E-state index in [2.05, 4.69) is 10.3 Å². The highest BCUT2D eigenvalue weighted by atomic mass is 16.6. The van der Waals surface area contributed by atoms with Crippen molar-refractivity contribution in [2.45, 2.75) is 51.7 Å². The van der Waals surface area contributed by atoms with Gasteiger partial charge in [0, 0.05) is 5.56 Å². The van der Waals surface area contributed by atoms with E-state index in [1.165, 1.54) is 0 Å². The number of carbonyl (C=O) groups is 1. The van der Waals surface area contributed by atoms with Gasteiger partial charge in [-0.25, -0.2) is 9.78 Å². The molecule has 29 heavy (non-hydrogen) atoms. The van der Waals surface area contributed by atoms with Crippen molar-refractivity contribution in [3.05, 3.63) is 54.1 Å². The van der Waals surface area contributed by atoms with E-state index in [-0.39, 0.29) is 6.61 Å². The molecule has 0 spiro atoms. The summed E-state index contributed by atoms with van der Waals surface area (Å²) in [4.78, 5) is 16.7. The molecule has 1 aromatic heterocycles. The molecule has 6 heteroatoms. The standard InChI is InChI=1S/C23H28N2O4/c1-22(2,3)29-21(27)25-23(4,15-26)13-12-16-10-11-19-18(14-16)24-20(28-19)17-8-6-5-7-9-17/h5-11,14,26H,12-13,15H2,1-4H3,(H,25,27). The first-order valence-corrected chi connectivity index (χ1v) is 9.74. The van der Waals surface area contributed by atoms with Crippen LogP contribution in [0.15, 0.2) is 52.9 Å². The Morgan fingerprint density at radius 1 is 1.14 bits per heavy atom. The van der Waals surface area contributed by atoms with Gasteiger partial charge in [0.25, 0.3) is 0 Å². The van der Waals surface area contributed by atoms with Crippen LogP contribution in [-0.4, -0.2) is 33.9 Å². The third-order valence-corrected chi connectivity index (χ3v) is 4.59. The number of hydrogen-bond acceptors (Lipinski definition) is 5. The number of aliphatic hydroxyl groups excluding tert-OH is 1. The first-order chi connectivity index (χ1) is 13.7. The van der Waals surface area contributed by atoms with Gasteiger partial charge in [-0.15, -0.1) is 0 Å². The summed E-state index contributed by atoms with van der Waals surface area (Å²) in [7, 11) is 0. The fourth-order valence-corrected chi connectivity index (χ4v) is 2.98. The third kappa shape index (κ3) is 5.57. The van der Waals surface area contributed by atoms with Crippen LogP contribution in [0.1, 0.15) is 39.7 Å². The maximum atomic E-state index is 12.1. The van der Waals surface area contributed by atoms with Gasteiger partial charge in [0.15, 0.2) is 5.58 Å². The van der Waals surface area contributed by atoms with Crippen LogP contribution >= 0.6 is 0 Å². The van der Waals surface area contributed by atoms with E-state index >= 15 is 0 Å². The molecule has 0 radical (unpaired) electrons. The zero-order chi connectivity index (χ0) is 21.1. The minimum absolute atomic E-state index is 0.184. The van der Waals surface area contributed by atoms with E-state index in [0.717, 1.165) is 22.2 Å². The SMILES string of the molecule is CC(CO)(CCc1ccc2oc(-c3ccccc3)nc2c1)NC(=O)OC(C)(C)C. The zero-order valence-electron chi connectivity index (χ0n) is 17.4. The van der Waals surface area contributed by atoms with Gasteiger partial charge < -0.3 is 19.6 Å². The summed E-state index contributed by atoms with van der Waals surface area (Å²) in [5.74, 6) is 0.588. The van der Waals surface area contributed by atoms with Crippen LogP contribution in [0.3, 0.4) is 0 Å². The summed E-state index contributed by atoms with van der Waals surface area (Å²) in [6.07, 6.45) is 0.682. The molecule has 0 saturated heterocycles. The molecule has 2 aromatic carbocycles. The van der Waals surface area contributed by atoms with Gasteiger partial charge in [-0.05, 0) is 70.4 Å². The molecule has 1 heterocycles. The fraction of sp³-hybridized carbons (Fsp3) is 0.391. The van der Waals surface area contributed by atoms with Crippen molar-refractivity contribution in [1.82, 2.24) is 10.3 Å². The molecular formula is C23H28N2O4. The molecule has 0 aliphatic rings. The summed E-state index contributed by atoms with van der Waals surface area (Å²) < 4.78 is 11.2. The number of fused-ring (bicyclic) bond motifs is 1. The number of nitrogens with zero attached hydrogens (tertiary/aromatic N) is 1. The first kappa shape index (κ1) is 20.9. The second kappa shape index (κ2) is 8.25. The summed E-state index contributed by atoms with van der Waals surface area (Å²) in [6, 6.07) is 15.6. The highest BCUT2D eigenvalue weighted by molar-refractivity contribution is 5.77. The van der Waals surface area contributed by atoms with Crippen molar-refractivity contribution in [1.29, 1.82) is 0 Å². The van der Waals surface area contributed by atoms with E-state index in [1.54, 1.807) is 27.7 Å². The van der Waals surface area contributed by atoms with Crippen LogP contribution in [-0.2, 0) is 11.2 Å². The average Bonchev–Trinajstić information content (AvgIpc) is 3.09. The smallest absolute Gasteiger partial charge is 0.408 e. The number of aliphatic hydroxyl groups is 1. The van der Waals surface area contributed by atoms with Crippen LogP contribution in [0.4, 0.5) is 4.79 Å². The van der Waals surface area contributed by atoms with Crippen LogP contribution < -0.4 is 5.32 Å². The Morgan fingerprint density at radius 3 is 2.52 bits per heavy atom. The number of hydrogen-bond donors (Lipinski definition) is 2. The molecule has 1 unspecified atom stereocenters. The topological polar surface area (TPSA) is 84.6 Å². The lowest BCUT2D eigenvalue weighted by Crippen LogP contribution is -2.50. The van der Waals surface area contributed by atoms with E-state index in [9.17, 15) is 9.90 Å². The first-order valence-electron chi connectivity index (χ1n) is 9.74. The molecule has 2 N–H and O–H groups in total. The monoisotopic (exact) mass is 396 g/mol. The maximum absolute atomic E-state index is 12.1. The summed E-state index contributed by atoms with van der Waals surface area (Å²) >= 11 is 0. The Bertz CT molecular complexity index is 975. The fourth-order valence-electron chi connectivity index (χ4n) is 2.98. The number of aromatic nitrogens is 1. The Balaban J connectivity index is 1.69. The largest absolute Gasteiger partial charge is 0.444 e. The van der Waals surface area contributed by atoms with Crippen LogP contribution in [0, 0.1) is 0 Å². The molecular weight excluding hydrogens is 368 g/mol. The second-order valence-corrected chi connectivity index (χ2v) is 8.53. The molecule has 0 fully saturated rings. The van der Waals surface area contributed by atoms with Gasteiger partial charge in [-0.2, -0.15) is 0 Å². The second-order valence-electron chi connectivity index (χ2n) is 8.53. The number of alkyl carbamates (subject to hydrolysis) is 1. The van der Waals surface area contributed by atoms with Gasteiger partial charge >= 0.3 is 6.09 Å². The predicted octanol–water partition coefficient (Wildman–Crippen LogP) is 4.70. The Labute approximate surface area is 170 Å². The molecule has 0 aliphatic heterocycles. The summed E-state index contributed by atoms with van der Waals surface area (Å²) in [6.45, 7) is 7.04. The van der Waals surface area contributed by atoms with Crippen LogP contribution in [0.2, 0.25) is 0 Å². The lowest BCUT2D eigenvalue weighted by molar-refractivity contribution is 0.0407. The number of aryl methyl sites for hydroxylation is 1. The van der Waals surface area contributed by atoms with Crippen molar-refractivity contribution in [2.75, 3.05) is 6.61 Å². The van der Waals surface area contributed by atoms with Crippen molar-refractivity contribution in [2.24, 2.45) is 0 Å². The average molecular weight is 396 g/mol. The number of rotatable bonds is 6. The number of oxazole rings is 1. The molecule has 6 nitrogen and oxygen atoms in total. The minimum Gasteiger partial charge on any atom is -0.444 e.